The number of halogens is 2. The SMILES string of the molecule is CNC(Cc1cccc(F)c1)c1cc(C)c(Br)c(C)c1. The summed E-state index contributed by atoms with van der Waals surface area (Å²) in [4.78, 5) is 0. The monoisotopic (exact) mass is 335 g/mol. The molecular weight excluding hydrogens is 317 g/mol. The van der Waals surface area contributed by atoms with Gasteiger partial charge in [-0.1, -0.05) is 40.2 Å². The maximum absolute atomic E-state index is 13.3. The fourth-order valence-electron chi connectivity index (χ4n) is 2.47. The van der Waals surface area contributed by atoms with Gasteiger partial charge in [0.15, 0.2) is 0 Å². The van der Waals surface area contributed by atoms with Gasteiger partial charge in [-0.3, -0.25) is 0 Å². The van der Waals surface area contributed by atoms with Gasteiger partial charge >= 0.3 is 0 Å². The summed E-state index contributed by atoms with van der Waals surface area (Å²) in [6.45, 7) is 4.19. The molecule has 2 aromatic rings. The first-order valence-electron chi connectivity index (χ1n) is 6.69. The molecule has 1 nitrogen and oxygen atoms in total. The van der Waals surface area contributed by atoms with Crippen LogP contribution in [0.5, 0.6) is 0 Å². The lowest BCUT2D eigenvalue weighted by Gasteiger charge is -2.19. The number of nitrogens with one attached hydrogen (secondary N) is 1. The minimum absolute atomic E-state index is 0.180. The number of benzene rings is 2. The van der Waals surface area contributed by atoms with E-state index in [0.29, 0.717) is 0 Å². The van der Waals surface area contributed by atoms with Crippen molar-refractivity contribution < 1.29 is 4.39 Å². The Morgan fingerprint density at radius 3 is 2.35 bits per heavy atom. The predicted octanol–water partition coefficient (Wildman–Crippen LogP) is 4.71. The highest BCUT2D eigenvalue weighted by atomic mass is 79.9. The van der Waals surface area contributed by atoms with Crippen LogP contribution in [0.15, 0.2) is 40.9 Å². The lowest BCUT2D eigenvalue weighted by molar-refractivity contribution is 0.583. The standard InChI is InChI=1S/C17H19BrFN/c1-11-7-14(8-12(2)17(11)18)16(20-3)10-13-5-4-6-15(19)9-13/h4-9,16,20H,10H2,1-3H3. The fraction of sp³-hybridized carbons (Fsp3) is 0.294. The lowest BCUT2D eigenvalue weighted by Crippen LogP contribution is -2.19. The van der Waals surface area contributed by atoms with Crippen LogP contribution in [0, 0.1) is 19.7 Å². The zero-order valence-corrected chi connectivity index (χ0v) is 13.6. The molecule has 2 rings (SSSR count). The summed E-state index contributed by atoms with van der Waals surface area (Å²) in [5.41, 5.74) is 4.68. The second-order valence-electron chi connectivity index (χ2n) is 5.14. The van der Waals surface area contributed by atoms with Gasteiger partial charge in [0.2, 0.25) is 0 Å². The average molecular weight is 336 g/mol. The number of hydrogen-bond donors (Lipinski definition) is 1. The molecule has 0 aliphatic rings. The summed E-state index contributed by atoms with van der Waals surface area (Å²) in [6.07, 6.45) is 0.773. The highest BCUT2D eigenvalue weighted by molar-refractivity contribution is 9.10. The number of hydrogen-bond acceptors (Lipinski definition) is 1. The van der Waals surface area contributed by atoms with E-state index in [1.54, 1.807) is 12.1 Å². The Kier molecular flexibility index (Phi) is 4.95. The maximum atomic E-state index is 13.3. The van der Waals surface area contributed by atoms with Crippen LogP contribution in [0.25, 0.3) is 0 Å². The van der Waals surface area contributed by atoms with Crippen LogP contribution in [-0.2, 0) is 6.42 Å². The van der Waals surface area contributed by atoms with Gasteiger partial charge < -0.3 is 5.32 Å². The number of rotatable bonds is 4. The second-order valence-corrected chi connectivity index (χ2v) is 5.94. The molecule has 0 bridgehead atoms. The quantitative estimate of drug-likeness (QED) is 0.853. The van der Waals surface area contributed by atoms with E-state index in [9.17, 15) is 4.39 Å². The molecule has 0 radical (unpaired) electrons. The van der Waals surface area contributed by atoms with Gasteiger partial charge in [0.05, 0.1) is 0 Å². The van der Waals surface area contributed by atoms with E-state index in [0.717, 1.165) is 16.5 Å². The van der Waals surface area contributed by atoms with Crippen molar-refractivity contribution in [1.82, 2.24) is 5.32 Å². The molecular formula is C17H19BrFN. The Labute approximate surface area is 128 Å². The molecule has 0 amide bonds. The molecule has 3 heteroatoms. The van der Waals surface area contributed by atoms with Crippen molar-refractivity contribution in [1.29, 1.82) is 0 Å². The zero-order valence-electron chi connectivity index (χ0n) is 12.0. The van der Waals surface area contributed by atoms with Gasteiger partial charge in [0, 0.05) is 10.5 Å². The lowest BCUT2D eigenvalue weighted by atomic mass is 9.96. The fourth-order valence-corrected chi connectivity index (χ4v) is 2.70. The zero-order chi connectivity index (χ0) is 14.7. The van der Waals surface area contributed by atoms with Crippen molar-refractivity contribution >= 4 is 15.9 Å². The number of aryl methyl sites for hydroxylation is 2. The Morgan fingerprint density at radius 1 is 1.15 bits per heavy atom. The van der Waals surface area contributed by atoms with Gasteiger partial charge in [0.1, 0.15) is 5.82 Å². The van der Waals surface area contributed by atoms with Crippen LogP contribution in [0.3, 0.4) is 0 Å². The van der Waals surface area contributed by atoms with Gasteiger partial charge in [0.25, 0.3) is 0 Å². The first-order chi connectivity index (χ1) is 9.51. The Bertz CT molecular complexity index is 587. The van der Waals surface area contributed by atoms with E-state index in [1.807, 2.05) is 13.1 Å². The molecule has 0 saturated heterocycles. The van der Waals surface area contributed by atoms with Crippen LogP contribution >= 0.6 is 15.9 Å². The molecule has 1 unspecified atom stereocenters. The third kappa shape index (κ3) is 3.47. The van der Waals surface area contributed by atoms with Crippen LogP contribution < -0.4 is 5.32 Å². The third-order valence-corrected chi connectivity index (χ3v) is 4.79. The summed E-state index contributed by atoms with van der Waals surface area (Å²) < 4.78 is 14.4. The van der Waals surface area contributed by atoms with Gasteiger partial charge in [-0.15, -0.1) is 0 Å². The minimum Gasteiger partial charge on any atom is -0.313 e. The van der Waals surface area contributed by atoms with Crippen molar-refractivity contribution in [2.75, 3.05) is 7.05 Å². The van der Waals surface area contributed by atoms with Crippen LogP contribution in [0.1, 0.15) is 28.3 Å². The van der Waals surface area contributed by atoms with Crippen LogP contribution in [-0.4, -0.2) is 7.05 Å². The molecule has 2 aromatic carbocycles. The van der Waals surface area contributed by atoms with Crippen LogP contribution in [0.2, 0.25) is 0 Å². The van der Waals surface area contributed by atoms with E-state index in [-0.39, 0.29) is 11.9 Å². The molecule has 0 fully saturated rings. The van der Waals surface area contributed by atoms with Crippen molar-refractivity contribution in [2.45, 2.75) is 26.3 Å². The largest absolute Gasteiger partial charge is 0.313 e. The molecule has 0 aliphatic carbocycles. The predicted molar refractivity (Wildman–Crippen MR) is 85.5 cm³/mol. The summed E-state index contributed by atoms with van der Waals surface area (Å²) in [5.74, 6) is -0.180. The number of likely N-dealkylation sites (N-methyl/N-ethyl adjacent to an activating group) is 1. The minimum atomic E-state index is -0.180. The average Bonchev–Trinajstić information content (AvgIpc) is 2.41. The van der Waals surface area contributed by atoms with E-state index < -0.39 is 0 Å². The third-order valence-electron chi connectivity index (χ3n) is 3.54. The summed E-state index contributed by atoms with van der Waals surface area (Å²) in [5, 5.41) is 3.32. The Morgan fingerprint density at radius 2 is 1.80 bits per heavy atom. The van der Waals surface area contributed by atoms with E-state index >= 15 is 0 Å². The first kappa shape index (κ1) is 15.2. The van der Waals surface area contributed by atoms with E-state index in [2.05, 4.69) is 47.2 Å². The molecule has 0 heterocycles. The molecule has 106 valence electrons. The van der Waals surface area contributed by atoms with Crippen LogP contribution in [0.4, 0.5) is 4.39 Å². The van der Waals surface area contributed by atoms with Crippen molar-refractivity contribution in [2.24, 2.45) is 0 Å². The smallest absolute Gasteiger partial charge is 0.123 e. The highest BCUT2D eigenvalue weighted by Crippen LogP contribution is 2.27. The van der Waals surface area contributed by atoms with Gasteiger partial charge in [-0.2, -0.15) is 0 Å². The van der Waals surface area contributed by atoms with E-state index in [4.69, 9.17) is 0 Å². The summed E-state index contributed by atoms with van der Waals surface area (Å²) in [6, 6.07) is 11.3. The van der Waals surface area contributed by atoms with E-state index in [1.165, 1.54) is 22.8 Å². The second kappa shape index (κ2) is 6.51. The molecule has 0 saturated carbocycles. The highest BCUT2D eigenvalue weighted by Gasteiger charge is 2.13. The van der Waals surface area contributed by atoms with Crippen molar-refractivity contribution in [3.05, 3.63) is 68.9 Å². The topological polar surface area (TPSA) is 12.0 Å². The van der Waals surface area contributed by atoms with Crippen molar-refractivity contribution in [3.63, 3.8) is 0 Å². The Hall–Kier alpha value is -1.19. The first-order valence-corrected chi connectivity index (χ1v) is 7.49. The van der Waals surface area contributed by atoms with Gasteiger partial charge in [-0.25, -0.2) is 4.39 Å². The Balaban J connectivity index is 2.29. The summed E-state index contributed by atoms with van der Waals surface area (Å²) >= 11 is 3.59. The molecule has 0 spiro atoms. The summed E-state index contributed by atoms with van der Waals surface area (Å²) in [7, 11) is 1.94. The van der Waals surface area contributed by atoms with Crippen molar-refractivity contribution in [3.8, 4) is 0 Å². The van der Waals surface area contributed by atoms with Gasteiger partial charge in [-0.05, 0) is 61.7 Å². The molecule has 1 N–H and O–H groups in total. The molecule has 20 heavy (non-hydrogen) atoms. The maximum Gasteiger partial charge on any atom is 0.123 e. The normalized spacial score (nSPS) is 12.4. The molecule has 0 aromatic heterocycles. The molecule has 0 aliphatic heterocycles. The molecule has 1 atom stereocenters.